The van der Waals surface area contributed by atoms with Crippen LogP contribution in [0.5, 0.6) is 0 Å². The molecule has 0 saturated carbocycles. The summed E-state index contributed by atoms with van der Waals surface area (Å²) in [5.74, 6) is -0.183. The summed E-state index contributed by atoms with van der Waals surface area (Å²) in [6.45, 7) is 2.53. The van der Waals surface area contributed by atoms with Crippen LogP contribution in [0.4, 0.5) is 0 Å². The Morgan fingerprint density at radius 2 is 1.96 bits per heavy atom. The molecule has 1 N–H and O–H groups in total. The zero-order valence-corrected chi connectivity index (χ0v) is 15.9. The normalized spacial score (nSPS) is 19.0. The Hall–Kier alpha value is -1.41. The van der Waals surface area contributed by atoms with E-state index in [1.165, 1.54) is 0 Å². The van der Waals surface area contributed by atoms with Gasteiger partial charge in [0.1, 0.15) is 0 Å². The minimum absolute atomic E-state index is 0.0395. The number of rotatable bonds is 6. The van der Waals surface area contributed by atoms with Crippen LogP contribution < -0.4 is 5.32 Å². The molecule has 1 fully saturated rings. The van der Waals surface area contributed by atoms with Gasteiger partial charge in [0, 0.05) is 35.6 Å². The molecule has 1 unspecified atom stereocenters. The zero-order valence-electron chi connectivity index (χ0n) is 13.5. The largest absolute Gasteiger partial charge is 0.352 e. The third-order valence-electron chi connectivity index (χ3n) is 4.04. The number of sulfone groups is 1. The van der Waals surface area contributed by atoms with Gasteiger partial charge < -0.3 is 10.2 Å². The molecule has 1 saturated heterocycles. The van der Waals surface area contributed by atoms with E-state index in [0.717, 1.165) is 4.47 Å². The van der Waals surface area contributed by atoms with Crippen LogP contribution in [0.2, 0.25) is 0 Å². The Kier molecular flexibility index (Phi) is 6.40. The molecule has 2 amide bonds. The standard InChI is InChI=1S/C16H21BrN2O4S/c1-2-19(14-8-10-24(22,23)11-14)15(20)7-9-18-16(21)12-3-5-13(17)6-4-12/h3-6,14H,2,7-11H2,1H3,(H,18,21). The molecule has 0 radical (unpaired) electrons. The van der Waals surface area contributed by atoms with Crippen molar-refractivity contribution in [1.29, 1.82) is 0 Å². The third kappa shape index (κ3) is 5.04. The number of nitrogens with zero attached hydrogens (tertiary/aromatic N) is 1. The van der Waals surface area contributed by atoms with Gasteiger partial charge >= 0.3 is 0 Å². The summed E-state index contributed by atoms with van der Waals surface area (Å²) >= 11 is 3.31. The monoisotopic (exact) mass is 416 g/mol. The summed E-state index contributed by atoms with van der Waals surface area (Å²) in [6.07, 6.45) is 0.653. The molecule has 1 aromatic rings. The van der Waals surface area contributed by atoms with Gasteiger partial charge in [0.05, 0.1) is 11.5 Å². The Balaban J connectivity index is 1.83. The average Bonchev–Trinajstić information content (AvgIpc) is 2.88. The highest BCUT2D eigenvalue weighted by molar-refractivity contribution is 9.10. The summed E-state index contributed by atoms with van der Waals surface area (Å²) in [5.41, 5.74) is 0.528. The van der Waals surface area contributed by atoms with Gasteiger partial charge in [-0.25, -0.2) is 8.42 Å². The lowest BCUT2D eigenvalue weighted by molar-refractivity contribution is -0.132. The first-order valence-corrected chi connectivity index (χ1v) is 10.5. The molecule has 0 aliphatic carbocycles. The minimum Gasteiger partial charge on any atom is -0.352 e. The van der Waals surface area contributed by atoms with Crippen molar-refractivity contribution in [2.75, 3.05) is 24.6 Å². The third-order valence-corrected chi connectivity index (χ3v) is 6.32. The predicted octanol–water partition coefficient (Wildman–Crippen LogP) is 1.60. The highest BCUT2D eigenvalue weighted by atomic mass is 79.9. The molecular weight excluding hydrogens is 396 g/mol. The van der Waals surface area contributed by atoms with Gasteiger partial charge in [0.15, 0.2) is 9.84 Å². The van der Waals surface area contributed by atoms with E-state index >= 15 is 0 Å². The zero-order chi connectivity index (χ0) is 17.7. The number of benzene rings is 1. The maximum Gasteiger partial charge on any atom is 0.251 e. The van der Waals surface area contributed by atoms with Crippen molar-refractivity contribution >= 4 is 37.6 Å². The lowest BCUT2D eigenvalue weighted by atomic mass is 10.2. The summed E-state index contributed by atoms with van der Waals surface area (Å²) in [4.78, 5) is 25.9. The van der Waals surface area contributed by atoms with E-state index < -0.39 is 9.84 Å². The van der Waals surface area contributed by atoms with Gasteiger partial charge in [0.2, 0.25) is 5.91 Å². The first-order valence-electron chi connectivity index (χ1n) is 7.86. The fourth-order valence-electron chi connectivity index (χ4n) is 2.79. The van der Waals surface area contributed by atoms with Crippen LogP contribution in [0.15, 0.2) is 28.7 Å². The van der Waals surface area contributed by atoms with Crippen LogP contribution in [0.1, 0.15) is 30.1 Å². The number of hydrogen-bond donors (Lipinski definition) is 1. The van der Waals surface area contributed by atoms with Crippen LogP contribution in [0.3, 0.4) is 0 Å². The molecule has 0 aromatic heterocycles. The highest BCUT2D eigenvalue weighted by Gasteiger charge is 2.33. The van der Waals surface area contributed by atoms with Crippen molar-refractivity contribution in [3.05, 3.63) is 34.3 Å². The Morgan fingerprint density at radius 3 is 2.50 bits per heavy atom. The molecule has 1 aliphatic heterocycles. The van der Waals surface area contributed by atoms with Crippen molar-refractivity contribution in [3.63, 3.8) is 0 Å². The Bertz CT molecular complexity index is 703. The van der Waals surface area contributed by atoms with Crippen molar-refractivity contribution in [2.45, 2.75) is 25.8 Å². The van der Waals surface area contributed by atoms with Gasteiger partial charge in [-0.2, -0.15) is 0 Å². The minimum atomic E-state index is -3.03. The van der Waals surface area contributed by atoms with E-state index in [2.05, 4.69) is 21.2 Å². The molecule has 8 heteroatoms. The SMILES string of the molecule is CCN(C(=O)CCNC(=O)c1ccc(Br)cc1)C1CCS(=O)(=O)C1. The molecule has 24 heavy (non-hydrogen) atoms. The van der Waals surface area contributed by atoms with E-state index in [4.69, 9.17) is 0 Å². The molecule has 2 rings (SSSR count). The number of amides is 2. The molecule has 6 nitrogen and oxygen atoms in total. The van der Waals surface area contributed by atoms with Gasteiger partial charge in [-0.15, -0.1) is 0 Å². The number of hydrogen-bond acceptors (Lipinski definition) is 4. The van der Waals surface area contributed by atoms with Crippen molar-refractivity contribution in [2.24, 2.45) is 0 Å². The molecular formula is C16H21BrN2O4S. The number of nitrogens with one attached hydrogen (secondary N) is 1. The van der Waals surface area contributed by atoms with Crippen molar-refractivity contribution in [1.82, 2.24) is 10.2 Å². The summed E-state index contributed by atoms with van der Waals surface area (Å²) in [7, 11) is -3.03. The first kappa shape index (κ1) is 18.9. The van der Waals surface area contributed by atoms with Gasteiger partial charge in [-0.1, -0.05) is 15.9 Å². The molecule has 0 spiro atoms. The second-order valence-electron chi connectivity index (χ2n) is 5.75. The van der Waals surface area contributed by atoms with Crippen LogP contribution >= 0.6 is 15.9 Å². The maximum atomic E-state index is 12.3. The van der Waals surface area contributed by atoms with Crippen LogP contribution in [-0.2, 0) is 14.6 Å². The summed E-state index contributed by atoms with van der Waals surface area (Å²) < 4.78 is 24.0. The quantitative estimate of drug-likeness (QED) is 0.763. The topological polar surface area (TPSA) is 83.6 Å². The van der Waals surface area contributed by atoms with E-state index in [9.17, 15) is 18.0 Å². The van der Waals surface area contributed by atoms with E-state index in [1.54, 1.807) is 29.2 Å². The second-order valence-corrected chi connectivity index (χ2v) is 8.89. The number of carbonyl (C=O) groups is 2. The van der Waals surface area contributed by atoms with E-state index in [0.29, 0.717) is 18.5 Å². The lowest BCUT2D eigenvalue weighted by Gasteiger charge is -2.27. The van der Waals surface area contributed by atoms with Crippen LogP contribution in [0, 0.1) is 0 Å². The van der Waals surface area contributed by atoms with E-state index in [1.807, 2.05) is 6.92 Å². The molecule has 1 heterocycles. The Morgan fingerprint density at radius 1 is 1.29 bits per heavy atom. The maximum absolute atomic E-state index is 12.3. The van der Waals surface area contributed by atoms with Gasteiger partial charge in [-0.3, -0.25) is 9.59 Å². The molecule has 1 aromatic carbocycles. The van der Waals surface area contributed by atoms with Crippen molar-refractivity contribution in [3.8, 4) is 0 Å². The van der Waals surface area contributed by atoms with Gasteiger partial charge in [-0.05, 0) is 37.6 Å². The predicted molar refractivity (Wildman–Crippen MR) is 95.5 cm³/mol. The molecule has 1 aliphatic rings. The molecule has 132 valence electrons. The second kappa shape index (κ2) is 8.11. The Labute approximate surface area is 150 Å². The van der Waals surface area contributed by atoms with Gasteiger partial charge in [0.25, 0.3) is 5.91 Å². The highest BCUT2D eigenvalue weighted by Crippen LogP contribution is 2.18. The average molecular weight is 417 g/mol. The smallest absolute Gasteiger partial charge is 0.251 e. The lowest BCUT2D eigenvalue weighted by Crippen LogP contribution is -2.42. The van der Waals surface area contributed by atoms with E-state index in [-0.39, 0.29) is 42.3 Å². The summed E-state index contributed by atoms with van der Waals surface area (Å²) in [6, 6.07) is 6.71. The van der Waals surface area contributed by atoms with Crippen LogP contribution in [0.25, 0.3) is 0 Å². The van der Waals surface area contributed by atoms with Crippen LogP contribution in [-0.4, -0.2) is 55.8 Å². The fraction of sp³-hybridized carbons (Fsp3) is 0.500. The summed E-state index contributed by atoms with van der Waals surface area (Å²) in [5, 5.41) is 2.72. The number of carbonyl (C=O) groups excluding carboxylic acids is 2. The van der Waals surface area contributed by atoms with Crippen molar-refractivity contribution < 1.29 is 18.0 Å². The molecule has 0 bridgehead atoms. The first-order chi connectivity index (χ1) is 11.3. The fourth-order valence-corrected chi connectivity index (χ4v) is 4.78. The number of halogens is 1. The molecule has 1 atom stereocenters.